The number of hydrogen-bond acceptors (Lipinski definition) is 6. The zero-order valence-corrected chi connectivity index (χ0v) is 12.0. The summed E-state index contributed by atoms with van der Waals surface area (Å²) < 4.78 is 24.1. The summed E-state index contributed by atoms with van der Waals surface area (Å²) in [5.41, 5.74) is 7.54. The predicted octanol–water partition coefficient (Wildman–Crippen LogP) is 0.176. The van der Waals surface area contributed by atoms with Crippen LogP contribution in [0.4, 0.5) is 0 Å². The molecule has 8 heteroatoms. The first kappa shape index (κ1) is 13.9. The Morgan fingerprint density at radius 2 is 2.05 bits per heavy atom. The summed E-state index contributed by atoms with van der Waals surface area (Å²) in [5.74, 6) is 1.31. The van der Waals surface area contributed by atoms with Crippen molar-refractivity contribution in [2.45, 2.75) is 26.3 Å². The third-order valence-electron chi connectivity index (χ3n) is 2.84. The van der Waals surface area contributed by atoms with E-state index in [0.717, 1.165) is 11.5 Å². The van der Waals surface area contributed by atoms with E-state index in [2.05, 4.69) is 15.2 Å². The van der Waals surface area contributed by atoms with E-state index in [-0.39, 0.29) is 5.75 Å². The van der Waals surface area contributed by atoms with Crippen LogP contribution >= 0.6 is 0 Å². The number of fused-ring (bicyclic) bond motifs is 1. The smallest absolute Gasteiger partial charge is 0.164 e. The van der Waals surface area contributed by atoms with Gasteiger partial charge in [-0.1, -0.05) is 0 Å². The fourth-order valence-corrected chi connectivity index (χ4v) is 2.65. The molecule has 0 saturated carbocycles. The number of aromatic nitrogens is 4. The minimum atomic E-state index is -3.03. The summed E-state index contributed by atoms with van der Waals surface area (Å²) in [6.45, 7) is 3.72. The minimum absolute atomic E-state index is 0.0292. The Balaban J connectivity index is 2.35. The maximum atomic E-state index is 11.2. The molecule has 0 aliphatic rings. The van der Waals surface area contributed by atoms with Crippen molar-refractivity contribution in [3.8, 4) is 0 Å². The lowest BCUT2D eigenvalue weighted by Crippen LogP contribution is -2.19. The molecule has 0 aliphatic carbocycles. The highest BCUT2D eigenvalue weighted by Crippen LogP contribution is 2.16. The average molecular weight is 283 g/mol. The van der Waals surface area contributed by atoms with Gasteiger partial charge in [-0.05, 0) is 20.3 Å². The number of aryl methyl sites for hydroxylation is 2. The summed E-state index contributed by atoms with van der Waals surface area (Å²) in [4.78, 5) is 4.34. The van der Waals surface area contributed by atoms with Crippen LogP contribution in [-0.4, -0.2) is 40.0 Å². The minimum Gasteiger partial charge on any atom is -0.321 e. The van der Waals surface area contributed by atoms with Crippen molar-refractivity contribution >= 4 is 15.5 Å². The maximum Gasteiger partial charge on any atom is 0.164 e. The lowest BCUT2D eigenvalue weighted by Gasteiger charge is -2.10. The van der Waals surface area contributed by atoms with Crippen molar-refractivity contribution in [1.29, 1.82) is 0 Å². The summed E-state index contributed by atoms with van der Waals surface area (Å²) in [6, 6.07) is 1.33. The van der Waals surface area contributed by atoms with Crippen molar-refractivity contribution in [1.82, 2.24) is 19.6 Å². The highest BCUT2D eigenvalue weighted by atomic mass is 32.2. The first-order valence-electron chi connectivity index (χ1n) is 5.90. The average Bonchev–Trinajstić information content (AvgIpc) is 2.68. The van der Waals surface area contributed by atoms with E-state index in [4.69, 9.17) is 5.73 Å². The second-order valence-corrected chi connectivity index (χ2v) is 6.98. The second kappa shape index (κ2) is 4.86. The highest BCUT2D eigenvalue weighted by Gasteiger charge is 2.17. The molecule has 0 radical (unpaired) electrons. The molecule has 0 spiro atoms. The third kappa shape index (κ3) is 3.07. The Hall–Kier alpha value is -1.54. The monoisotopic (exact) mass is 283 g/mol. The number of nitrogens with two attached hydrogens (primary N) is 1. The predicted molar refractivity (Wildman–Crippen MR) is 71.5 cm³/mol. The van der Waals surface area contributed by atoms with Gasteiger partial charge in [0.2, 0.25) is 0 Å². The van der Waals surface area contributed by atoms with Gasteiger partial charge in [0.15, 0.2) is 11.5 Å². The molecule has 0 saturated heterocycles. The quantitative estimate of drug-likeness (QED) is 0.858. The standard InChI is InChI=1S/C11H17N5O2S/c1-7-6-10-14-15-11(16(10)8(2)13-7)9(12)4-5-19(3,17)18/h6,9H,4-5,12H2,1-3H3. The Bertz CT molecular complexity index is 707. The third-order valence-corrected chi connectivity index (χ3v) is 3.82. The molecule has 0 bridgehead atoms. The zero-order chi connectivity index (χ0) is 14.2. The van der Waals surface area contributed by atoms with Crippen LogP contribution in [0.3, 0.4) is 0 Å². The Morgan fingerprint density at radius 1 is 1.37 bits per heavy atom. The van der Waals surface area contributed by atoms with E-state index >= 15 is 0 Å². The fraction of sp³-hybridized carbons (Fsp3) is 0.545. The van der Waals surface area contributed by atoms with E-state index in [1.807, 2.05) is 19.9 Å². The van der Waals surface area contributed by atoms with E-state index in [1.54, 1.807) is 4.40 Å². The molecule has 1 atom stereocenters. The van der Waals surface area contributed by atoms with E-state index < -0.39 is 15.9 Å². The van der Waals surface area contributed by atoms with E-state index in [1.165, 1.54) is 6.26 Å². The summed E-state index contributed by atoms with van der Waals surface area (Å²) >= 11 is 0. The van der Waals surface area contributed by atoms with Gasteiger partial charge >= 0.3 is 0 Å². The van der Waals surface area contributed by atoms with Crippen molar-refractivity contribution in [3.05, 3.63) is 23.4 Å². The molecule has 0 fully saturated rings. The van der Waals surface area contributed by atoms with Gasteiger partial charge in [-0.15, -0.1) is 10.2 Å². The molecule has 1 unspecified atom stereocenters. The van der Waals surface area contributed by atoms with Crippen molar-refractivity contribution in [3.63, 3.8) is 0 Å². The molecule has 2 N–H and O–H groups in total. The van der Waals surface area contributed by atoms with Gasteiger partial charge in [-0.3, -0.25) is 4.40 Å². The van der Waals surface area contributed by atoms with E-state index in [9.17, 15) is 8.42 Å². The van der Waals surface area contributed by atoms with Gasteiger partial charge in [-0.2, -0.15) is 0 Å². The Morgan fingerprint density at radius 3 is 2.68 bits per heavy atom. The van der Waals surface area contributed by atoms with Gasteiger partial charge < -0.3 is 5.73 Å². The van der Waals surface area contributed by atoms with Crippen LogP contribution < -0.4 is 5.73 Å². The lowest BCUT2D eigenvalue weighted by atomic mass is 10.2. The van der Waals surface area contributed by atoms with Crippen LogP contribution in [0.5, 0.6) is 0 Å². The van der Waals surface area contributed by atoms with Crippen LogP contribution in [0.15, 0.2) is 6.07 Å². The summed E-state index contributed by atoms with van der Waals surface area (Å²) in [7, 11) is -3.03. The normalized spacial score (nSPS) is 13.9. The molecular formula is C11H17N5O2S. The molecule has 0 amide bonds. The maximum absolute atomic E-state index is 11.2. The van der Waals surface area contributed by atoms with E-state index in [0.29, 0.717) is 17.9 Å². The molecule has 2 heterocycles. The zero-order valence-electron chi connectivity index (χ0n) is 11.2. The molecule has 104 valence electrons. The number of sulfone groups is 1. The molecule has 2 aromatic heterocycles. The first-order chi connectivity index (χ1) is 8.78. The summed E-state index contributed by atoms with van der Waals surface area (Å²) in [6.07, 6.45) is 1.50. The molecule has 0 aromatic carbocycles. The number of nitrogens with zero attached hydrogens (tertiary/aromatic N) is 4. The van der Waals surface area contributed by atoms with Gasteiger partial charge in [-0.25, -0.2) is 13.4 Å². The largest absolute Gasteiger partial charge is 0.321 e. The van der Waals surface area contributed by atoms with Crippen molar-refractivity contribution in [2.24, 2.45) is 5.73 Å². The molecule has 7 nitrogen and oxygen atoms in total. The SMILES string of the molecule is Cc1cc2nnc(C(N)CCS(C)(=O)=O)n2c(C)n1. The Kier molecular flexibility index (Phi) is 3.55. The van der Waals surface area contributed by atoms with Gasteiger partial charge in [0.25, 0.3) is 0 Å². The van der Waals surface area contributed by atoms with Gasteiger partial charge in [0.05, 0.1) is 11.8 Å². The number of rotatable bonds is 4. The van der Waals surface area contributed by atoms with Crippen LogP contribution in [-0.2, 0) is 9.84 Å². The molecule has 0 aliphatic heterocycles. The molecule has 19 heavy (non-hydrogen) atoms. The molecule has 2 aromatic rings. The lowest BCUT2D eigenvalue weighted by molar-refractivity contribution is 0.584. The molecular weight excluding hydrogens is 266 g/mol. The van der Waals surface area contributed by atoms with Gasteiger partial charge in [0, 0.05) is 18.0 Å². The van der Waals surface area contributed by atoms with Crippen molar-refractivity contribution in [2.75, 3.05) is 12.0 Å². The molecule has 2 rings (SSSR count). The summed E-state index contributed by atoms with van der Waals surface area (Å²) in [5, 5.41) is 8.10. The van der Waals surface area contributed by atoms with Crippen molar-refractivity contribution < 1.29 is 8.42 Å². The van der Waals surface area contributed by atoms with Crippen LogP contribution in [0.1, 0.15) is 29.8 Å². The number of hydrogen-bond donors (Lipinski definition) is 1. The fourth-order valence-electron chi connectivity index (χ4n) is 1.97. The van der Waals surface area contributed by atoms with Gasteiger partial charge in [0.1, 0.15) is 15.7 Å². The topological polar surface area (TPSA) is 103 Å². The van der Waals surface area contributed by atoms with Crippen LogP contribution in [0.2, 0.25) is 0 Å². The van der Waals surface area contributed by atoms with Crippen LogP contribution in [0.25, 0.3) is 5.65 Å². The first-order valence-corrected chi connectivity index (χ1v) is 7.96. The Labute approximate surface area is 111 Å². The van der Waals surface area contributed by atoms with Crippen LogP contribution in [0, 0.1) is 13.8 Å². The second-order valence-electron chi connectivity index (χ2n) is 4.72. The highest BCUT2D eigenvalue weighted by molar-refractivity contribution is 7.90.